The normalized spacial score (nSPS) is 19.1. The molecule has 1 aromatic carbocycles. The predicted molar refractivity (Wildman–Crippen MR) is 81.7 cm³/mol. The van der Waals surface area contributed by atoms with E-state index in [0.29, 0.717) is 6.54 Å². The molecule has 0 amide bonds. The Balaban J connectivity index is 1.83. The molecule has 5 heteroatoms. The van der Waals surface area contributed by atoms with Gasteiger partial charge in [-0.1, -0.05) is 18.2 Å². The molecule has 0 saturated heterocycles. The van der Waals surface area contributed by atoms with Gasteiger partial charge in [0, 0.05) is 35.4 Å². The molecular formula is C15H20N2O2S. The fourth-order valence-corrected chi connectivity index (χ4v) is 3.53. The average Bonchev–Trinajstić information content (AvgIpc) is 2.77. The largest absolute Gasteiger partial charge is 0.357 e. The van der Waals surface area contributed by atoms with Gasteiger partial charge in [0.15, 0.2) is 0 Å². The monoisotopic (exact) mass is 292 g/mol. The van der Waals surface area contributed by atoms with Crippen LogP contribution in [0.3, 0.4) is 0 Å². The highest BCUT2D eigenvalue weighted by Crippen LogP contribution is 2.34. The lowest BCUT2D eigenvalue weighted by Gasteiger charge is -2.23. The van der Waals surface area contributed by atoms with E-state index in [9.17, 15) is 8.42 Å². The molecule has 2 aromatic rings. The highest BCUT2D eigenvalue weighted by molar-refractivity contribution is 7.90. The van der Waals surface area contributed by atoms with E-state index in [4.69, 9.17) is 0 Å². The molecule has 1 aliphatic rings. The summed E-state index contributed by atoms with van der Waals surface area (Å²) in [6, 6.07) is 8.60. The number of hydrogen-bond acceptors (Lipinski definition) is 3. The minimum atomic E-state index is -2.90. The first-order valence-corrected chi connectivity index (χ1v) is 9.11. The molecule has 4 nitrogen and oxygen atoms in total. The second kappa shape index (κ2) is 5.22. The molecular weight excluding hydrogens is 272 g/mol. The van der Waals surface area contributed by atoms with E-state index in [-0.39, 0.29) is 11.8 Å². The zero-order valence-corrected chi connectivity index (χ0v) is 12.5. The molecule has 0 aliphatic heterocycles. The van der Waals surface area contributed by atoms with Crippen LogP contribution in [0.1, 0.15) is 30.1 Å². The van der Waals surface area contributed by atoms with Crippen LogP contribution >= 0.6 is 0 Å². The number of hydrogen-bond donors (Lipinski definition) is 2. The number of H-pyrrole nitrogens is 1. The maximum atomic E-state index is 11.2. The molecule has 1 aliphatic carbocycles. The van der Waals surface area contributed by atoms with E-state index in [1.54, 1.807) is 0 Å². The minimum Gasteiger partial charge on any atom is -0.357 e. The summed E-state index contributed by atoms with van der Waals surface area (Å²) in [5, 5.41) is 4.69. The smallest absolute Gasteiger partial charge is 0.148 e. The topological polar surface area (TPSA) is 62.0 Å². The number of aromatic nitrogens is 1. The van der Waals surface area contributed by atoms with Crippen molar-refractivity contribution < 1.29 is 8.42 Å². The SMILES string of the molecule is CS(=O)(=O)CCNC1CCCc2c1[nH]c1ccccc21. The maximum absolute atomic E-state index is 11.2. The molecule has 1 unspecified atom stereocenters. The lowest BCUT2D eigenvalue weighted by atomic mass is 9.92. The first-order chi connectivity index (χ1) is 9.54. The van der Waals surface area contributed by atoms with E-state index in [2.05, 4.69) is 28.5 Å². The van der Waals surface area contributed by atoms with Crippen molar-refractivity contribution >= 4 is 20.7 Å². The highest BCUT2D eigenvalue weighted by Gasteiger charge is 2.23. The van der Waals surface area contributed by atoms with E-state index >= 15 is 0 Å². The van der Waals surface area contributed by atoms with Gasteiger partial charge in [0.25, 0.3) is 0 Å². The van der Waals surface area contributed by atoms with Crippen molar-refractivity contribution in [3.05, 3.63) is 35.5 Å². The standard InChI is InChI=1S/C15H20N2O2S/c1-20(18,19)10-9-16-14-8-4-6-12-11-5-2-3-7-13(11)17-15(12)14/h2-3,5,7,14,16-17H,4,6,8-10H2,1H3. The summed E-state index contributed by atoms with van der Waals surface area (Å²) in [5.74, 6) is 0.194. The van der Waals surface area contributed by atoms with Gasteiger partial charge >= 0.3 is 0 Å². The van der Waals surface area contributed by atoms with Gasteiger partial charge in [-0.3, -0.25) is 0 Å². The van der Waals surface area contributed by atoms with Crippen LogP contribution in [0.4, 0.5) is 0 Å². The first-order valence-electron chi connectivity index (χ1n) is 7.05. The Morgan fingerprint density at radius 2 is 2.15 bits per heavy atom. The fraction of sp³-hybridized carbons (Fsp3) is 0.467. The summed E-state index contributed by atoms with van der Waals surface area (Å²) >= 11 is 0. The van der Waals surface area contributed by atoms with Crippen LogP contribution in [-0.2, 0) is 16.3 Å². The maximum Gasteiger partial charge on any atom is 0.148 e. The number of rotatable bonds is 4. The van der Waals surface area contributed by atoms with Crippen molar-refractivity contribution in [3.63, 3.8) is 0 Å². The number of benzene rings is 1. The molecule has 1 heterocycles. The number of sulfone groups is 1. The van der Waals surface area contributed by atoms with Crippen molar-refractivity contribution in [1.29, 1.82) is 0 Å². The molecule has 0 saturated carbocycles. The third kappa shape index (κ3) is 2.74. The van der Waals surface area contributed by atoms with E-state index in [0.717, 1.165) is 19.3 Å². The molecule has 0 fully saturated rings. The Morgan fingerprint density at radius 3 is 2.95 bits per heavy atom. The second-order valence-corrected chi connectivity index (χ2v) is 7.85. The molecule has 108 valence electrons. The van der Waals surface area contributed by atoms with Gasteiger partial charge in [0.1, 0.15) is 9.84 Å². The molecule has 0 radical (unpaired) electrons. The number of fused-ring (bicyclic) bond motifs is 3. The highest BCUT2D eigenvalue weighted by atomic mass is 32.2. The Hall–Kier alpha value is -1.33. The molecule has 1 aromatic heterocycles. The van der Waals surface area contributed by atoms with Crippen molar-refractivity contribution in [2.24, 2.45) is 0 Å². The summed E-state index contributed by atoms with van der Waals surface area (Å²) in [6.45, 7) is 0.512. The zero-order valence-electron chi connectivity index (χ0n) is 11.6. The summed E-state index contributed by atoms with van der Waals surface area (Å²) in [7, 11) is -2.90. The lowest BCUT2D eigenvalue weighted by Crippen LogP contribution is -2.29. The Morgan fingerprint density at radius 1 is 1.35 bits per heavy atom. The molecule has 0 bridgehead atoms. The van der Waals surface area contributed by atoms with Crippen LogP contribution in [0.2, 0.25) is 0 Å². The summed E-state index contributed by atoms with van der Waals surface area (Å²) in [6.07, 6.45) is 4.59. The van der Waals surface area contributed by atoms with Gasteiger partial charge in [-0.25, -0.2) is 8.42 Å². The van der Waals surface area contributed by atoms with Crippen LogP contribution in [0.15, 0.2) is 24.3 Å². The van der Waals surface area contributed by atoms with Crippen LogP contribution in [0.5, 0.6) is 0 Å². The van der Waals surface area contributed by atoms with Gasteiger partial charge in [-0.15, -0.1) is 0 Å². The first kappa shape index (κ1) is 13.6. The number of aryl methyl sites for hydroxylation is 1. The average molecular weight is 292 g/mol. The van der Waals surface area contributed by atoms with Gasteiger partial charge in [0.05, 0.1) is 5.75 Å². The predicted octanol–water partition coefficient (Wildman–Crippen LogP) is 2.18. The zero-order chi connectivity index (χ0) is 14.2. The van der Waals surface area contributed by atoms with E-state index in [1.807, 2.05) is 6.07 Å². The molecule has 0 spiro atoms. The van der Waals surface area contributed by atoms with Crippen molar-refractivity contribution in [3.8, 4) is 0 Å². The van der Waals surface area contributed by atoms with Crippen LogP contribution < -0.4 is 5.32 Å². The number of aromatic amines is 1. The van der Waals surface area contributed by atoms with Gasteiger partial charge < -0.3 is 10.3 Å². The van der Waals surface area contributed by atoms with Gasteiger partial charge in [-0.05, 0) is 30.9 Å². The number of nitrogens with one attached hydrogen (secondary N) is 2. The quantitative estimate of drug-likeness (QED) is 0.908. The third-order valence-corrected chi connectivity index (χ3v) is 4.92. The fourth-order valence-electron chi connectivity index (χ4n) is 3.04. The van der Waals surface area contributed by atoms with E-state index in [1.165, 1.54) is 28.4 Å². The van der Waals surface area contributed by atoms with Gasteiger partial charge in [-0.2, -0.15) is 0 Å². The van der Waals surface area contributed by atoms with Crippen molar-refractivity contribution in [2.75, 3.05) is 18.6 Å². The lowest BCUT2D eigenvalue weighted by molar-refractivity contribution is 0.464. The molecule has 1 atom stereocenters. The Kier molecular flexibility index (Phi) is 3.56. The second-order valence-electron chi connectivity index (χ2n) is 5.59. The summed E-state index contributed by atoms with van der Waals surface area (Å²) in [5.41, 5.74) is 3.81. The Bertz CT molecular complexity index is 719. The Labute approximate surface area is 119 Å². The number of para-hydroxylation sites is 1. The summed E-state index contributed by atoms with van der Waals surface area (Å²) < 4.78 is 22.4. The third-order valence-electron chi connectivity index (χ3n) is 3.98. The van der Waals surface area contributed by atoms with Crippen molar-refractivity contribution in [1.82, 2.24) is 10.3 Å². The molecule has 20 heavy (non-hydrogen) atoms. The molecule has 2 N–H and O–H groups in total. The van der Waals surface area contributed by atoms with Gasteiger partial charge in [0.2, 0.25) is 0 Å². The van der Waals surface area contributed by atoms with Crippen LogP contribution in [-0.4, -0.2) is 32.0 Å². The van der Waals surface area contributed by atoms with Crippen molar-refractivity contribution in [2.45, 2.75) is 25.3 Å². The van der Waals surface area contributed by atoms with Crippen LogP contribution in [0.25, 0.3) is 10.9 Å². The molecule has 3 rings (SSSR count). The summed E-state index contributed by atoms with van der Waals surface area (Å²) in [4.78, 5) is 3.50. The minimum absolute atomic E-state index is 0.194. The van der Waals surface area contributed by atoms with Crippen LogP contribution in [0, 0.1) is 0 Å². The van der Waals surface area contributed by atoms with E-state index < -0.39 is 9.84 Å².